The molecule has 5 rings (SSSR count). The van der Waals surface area contributed by atoms with Crippen LogP contribution in [0.15, 0.2) is 68.8 Å². The fraction of sp³-hybridized carbons (Fsp3) is 0.136. The molecule has 0 spiro atoms. The summed E-state index contributed by atoms with van der Waals surface area (Å²) in [6, 6.07) is 16.1. The van der Waals surface area contributed by atoms with Crippen LogP contribution in [0.25, 0.3) is 33.9 Å². The molecule has 0 aliphatic heterocycles. The molecule has 0 bridgehead atoms. The molecule has 3 aromatic heterocycles. The van der Waals surface area contributed by atoms with E-state index in [4.69, 9.17) is 4.98 Å². The lowest BCUT2D eigenvalue weighted by atomic mass is 10.1. The number of benzene rings is 2. The monoisotopic (exact) mass is 463 g/mol. The molecule has 0 unspecified atom stereocenters. The minimum Gasteiger partial charge on any atom is -0.279 e. The van der Waals surface area contributed by atoms with Gasteiger partial charge in [0.05, 0.1) is 5.69 Å². The predicted molar refractivity (Wildman–Crippen MR) is 120 cm³/mol. The van der Waals surface area contributed by atoms with Crippen molar-refractivity contribution in [2.24, 2.45) is 14.1 Å². The number of aromatic nitrogens is 5. The molecule has 0 atom stereocenters. The van der Waals surface area contributed by atoms with Gasteiger partial charge in [-0.05, 0) is 36.8 Å². The first-order chi connectivity index (χ1) is 14.4. The van der Waals surface area contributed by atoms with Gasteiger partial charge in [0.2, 0.25) is 5.78 Å². The Bertz CT molecular complexity index is 1570. The zero-order chi connectivity index (χ0) is 21.2. The van der Waals surface area contributed by atoms with Crippen molar-refractivity contribution in [3.63, 3.8) is 0 Å². The van der Waals surface area contributed by atoms with Crippen LogP contribution in [0.3, 0.4) is 0 Å². The molecule has 0 saturated carbocycles. The molecule has 8 heteroatoms. The Morgan fingerprint density at radius 1 is 0.967 bits per heavy atom. The van der Waals surface area contributed by atoms with Crippen LogP contribution in [-0.2, 0) is 14.1 Å². The second kappa shape index (κ2) is 6.56. The van der Waals surface area contributed by atoms with Gasteiger partial charge in [0.25, 0.3) is 5.56 Å². The Kier molecular flexibility index (Phi) is 4.08. The van der Waals surface area contributed by atoms with Crippen LogP contribution in [-0.4, -0.2) is 23.1 Å². The van der Waals surface area contributed by atoms with E-state index in [1.165, 1.54) is 11.6 Å². The van der Waals surface area contributed by atoms with E-state index in [1.54, 1.807) is 11.4 Å². The van der Waals surface area contributed by atoms with Gasteiger partial charge in [0.1, 0.15) is 0 Å². The largest absolute Gasteiger partial charge is 0.332 e. The van der Waals surface area contributed by atoms with E-state index in [2.05, 4.69) is 22.0 Å². The first-order valence-corrected chi connectivity index (χ1v) is 10.2. The first kappa shape index (κ1) is 18.6. The van der Waals surface area contributed by atoms with E-state index in [0.717, 1.165) is 31.5 Å². The predicted octanol–water partition coefficient (Wildman–Crippen LogP) is 3.41. The van der Waals surface area contributed by atoms with Gasteiger partial charge in [-0.25, -0.2) is 4.79 Å². The van der Waals surface area contributed by atoms with Crippen LogP contribution in [0.4, 0.5) is 0 Å². The average molecular weight is 464 g/mol. The van der Waals surface area contributed by atoms with E-state index in [1.807, 2.05) is 60.2 Å². The van der Waals surface area contributed by atoms with Crippen molar-refractivity contribution < 1.29 is 0 Å². The van der Waals surface area contributed by atoms with Crippen LogP contribution >= 0.6 is 15.9 Å². The summed E-state index contributed by atoms with van der Waals surface area (Å²) >= 11 is 3.48. The third kappa shape index (κ3) is 2.60. The van der Waals surface area contributed by atoms with E-state index in [-0.39, 0.29) is 5.56 Å². The smallest absolute Gasteiger partial charge is 0.279 e. The van der Waals surface area contributed by atoms with E-state index >= 15 is 0 Å². The molecule has 0 aliphatic rings. The van der Waals surface area contributed by atoms with Gasteiger partial charge in [-0.2, -0.15) is 4.98 Å². The summed E-state index contributed by atoms with van der Waals surface area (Å²) in [5.41, 5.74) is 3.89. The number of imidazole rings is 2. The molecule has 30 heavy (non-hydrogen) atoms. The highest BCUT2D eigenvalue weighted by Crippen LogP contribution is 2.30. The maximum atomic E-state index is 12.9. The minimum atomic E-state index is -0.400. The molecule has 0 fully saturated rings. The molecular formula is C22H18BrN5O2. The van der Waals surface area contributed by atoms with Crippen molar-refractivity contribution in [2.75, 3.05) is 0 Å². The lowest BCUT2D eigenvalue weighted by molar-refractivity contribution is 0.708. The molecule has 150 valence electrons. The number of hydrogen-bond acceptors (Lipinski definition) is 3. The second-order valence-electron chi connectivity index (χ2n) is 7.36. The highest BCUT2D eigenvalue weighted by molar-refractivity contribution is 9.10. The zero-order valence-electron chi connectivity index (χ0n) is 16.6. The number of fused-ring (bicyclic) bond motifs is 3. The van der Waals surface area contributed by atoms with Gasteiger partial charge in [-0.3, -0.25) is 22.9 Å². The van der Waals surface area contributed by atoms with Crippen LogP contribution in [0.2, 0.25) is 0 Å². The molecule has 0 saturated heterocycles. The summed E-state index contributed by atoms with van der Waals surface area (Å²) in [4.78, 5) is 30.0. The molecule has 0 radical (unpaired) electrons. The van der Waals surface area contributed by atoms with Crippen LogP contribution in [0, 0.1) is 6.92 Å². The summed E-state index contributed by atoms with van der Waals surface area (Å²) in [7, 11) is 3.11. The topological polar surface area (TPSA) is 66.2 Å². The van der Waals surface area contributed by atoms with Crippen molar-refractivity contribution >= 4 is 32.9 Å². The normalized spacial score (nSPS) is 11.6. The fourth-order valence-corrected chi connectivity index (χ4v) is 4.08. The lowest BCUT2D eigenvalue weighted by Crippen LogP contribution is -2.37. The Labute approximate surface area is 179 Å². The minimum absolute atomic E-state index is 0.363. The van der Waals surface area contributed by atoms with Crippen molar-refractivity contribution in [1.82, 2.24) is 23.1 Å². The standard InChI is InChI=1S/C22H18BrN5O2/c1-13-5-4-6-16(11-13)28-17(14-7-9-15(23)10-8-14)12-27-18-19(24-21(27)28)25(2)22(30)26(3)20(18)29/h4-12H,1-3H3. The average Bonchev–Trinajstić information content (AvgIpc) is 3.27. The molecule has 2 aromatic carbocycles. The van der Waals surface area contributed by atoms with Crippen LogP contribution < -0.4 is 11.2 Å². The van der Waals surface area contributed by atoms with Crippen molar-refractivity contribution in [3.8, 4) is 16.9 Å². The van der Waals surface area contributed by atoms with Gasteiger partial charge >= 0.3 is 5.69 Å². The SMILES string of the molecule is Cc1cccc(-n2c(-c3ccc(Br)cc3)cn3c4c(=O)n(C)c(=O)n(C)c4nc23)c1. The number of nitrogens with zero attached hydrogens (tertiary/aromatic N) is 5. The maximum absolute atomic E-state index is 12.9. The summed E-state index contributed by atoms with van der Waals surface area (Å²) < 4.78 is 7.29. The molecule has 3 heterocycles. The highest BCUT2D eigenvalue weighted by atomic mass is 79.9. The number of hydrogen-bond donors (Lipinski definition) is 0. The third-order valence-corrected chi connectivity index (χ3v) is 5.89. The number of aryl methyl sites for hydroxylation is 2. The van der Waals surface area contributed by atoms with Crippen LogP contribution in [0.1, 0.15) is 5.56 Å². The summed E-state index contributed by atoms with van der Waals surface area (Å²) in [6.07, 6.45) is 1.90. The zero-order valence-corrected chi connectivity index (χ0v) is 18.2. The lowest BCUT2D eigenvalue weighted by Gasteiger charge is -2.10. The third-order valence-electron chi connectivity index (χ3n) is 5.36. The van der Waals surface area contributed by atoms with Crippen molar-refractivity contribution in [3.05, 3.63) is 85.6 Å². The van der Waals surface area contributed by atoms with E-state index in [0.29, 0.717) is 16.9 Å². The van der Waals surface area contributed by atoms with Gasteiger partial charge in [-0.1, -0.05) is 40.2 Å². The van der Waals surface area contributed by atoms with Gasteiger partial charge in [0.15, 0.2) is 11.2 Å². The summed E-state index contributed by atoms with van der Waals surface area (Å²) in [5, 5.41) is 0. The van der Waals surface area contributed by atoms with E-state index in [9.17, 15) is 9.59 Å². The Morgan fingerprint density at radius 3 is 2.40 bits per heavy atom. The van der Waals surface area contributed by atoms with Gasteiger partial charge in [0, 0.05) is 36.0 Å². The second-order valence-corrected chi connectivity index (χ2v) is 8.27. The number of halogens is 1. The highest BCUT2D eigenvalue weighted by Gasteiger charge is 2.21. The van der Waals surface area contributed by atoms with Crippen molar-refractivity contribution in [2.45, 2.75) is 6.92 Å². The maximum Gasteiger partial charge on any atom is 0.332 e. The molecule has 0 N–H and O–H groups in total. The first-order valence-electron chi connectivity index (χ1n) is 9.39. The molecule has 5 aromatic rings. The summed E-state index contributed by atoms with van der Waals surface area (Å²) in [6.45, 7) is 2.03. The molecular weight excluding hydrogens is 446 g/mol. The molecule has 0 amide bonds. The van der Waals surface area contributed by atoms with Gasteiger partial charge < -0.3 is 0 Å². The van der Waals surface area contributed by atoms with Crippen LogP contribution in [0.5, 0.6) is 0 Å². The molecule has 7 nitrogen and oxygen atoms in total. The quantitative estimate of drug-likeness (QED) is 0.402. The fourth-order valence-electron chi connectivity index (χ4n) is 3.82. The Balaban J connectivity index is 1.97. The van der Waals surface area contributed by atoms with E-state index < -0.39 is 5.69 Å². The molecule has 0 aliphatic carbocycles. The number of rotatable bonds is 2. The summed E-state index contributed by atoms with van der Waals surface area (Å²) in [5.74, 6) is 0.576. The Morgan fingerprint density at radius 2 is 1.70 bits per heavy atom. The van der Waals surface area contributed by atoms with Gasteiger partial charge in [-0.15, -0.1) is 0 Å². The van der Waals surface area contributed by atoms with Crippen molar-refractivity contribution in [1.29, 1.82) is 0 Å². The Hall–Kier alpha value is -3.39.